The second-order valence-electron chi connectivity index (χ2n) is 7.33. The molecule has 0 atom stereocenters. The molecule has 1 aromatic heterocycles. The summed E-state index contributed by atoms with van der Waals surface area (Å²) in [7, 11) is -3.31. The molecule has 1 aromatic rings. The Balaban J connectivity index is 1.58. The molecule has 0 aliphatic carbocycles. The zero-order chi connectivity index (χ0) is 17.9. The highest BCUT2D eigenvalue weighted by Crippen LogP contribution is 2.19. The highest BCUT2D eigenvalue weighted by Gasteiger charge is 2.31. The predicted molar refractivity (Wildman–Crippen MR) is 96.4 cm³/mol. The summed E-state index contributed by atoms with van der Waals surface area (Å²) in [6, 6.07) is 0. The van der Waals surface area contributed by atoms with Gasteiger partial charge in [0.1, 0.15) is 6.26 Å². The van der Waals surface area contributed by atoms with Crippen molar-refractivity contribution < 1.29 is 12.8 Å². The summed E-state index contributed by atoms with van der Waals surface area (Å²) in [5, 5.41) is 0. The maximum Gasteiger partial charge on any atom is 0.282 e. The average molecular weight is 371 g/mol. The van der Waals surface area contributed by atoms with E-state index in [0.29, 0.717) is 32.7 Å². The summed E-state index contributed by atoms with van der Waals surface area (Å²) in [5.41, 5.74) is 0.927. The molecular formula is C17H30N4O3S. The lowest BCUT2D eigenvalue weighted by Crippen LogP contribution is -2.47. The Hall–Kier alpha value is -0.960. The zero-order valence-corrected chi connectivity index (χ0v) is 16.2. The van der Waals surface area contributed by atoms with Crippen LogP contribution in [0.2, 0.25) is 0 Å². The minimum atomic E-state index is -3.31. The van der Waals surface area contributed by atoms with E-state index in [-0.39, 0.29) is 5.92 Å². The van der Waals surface area contributed by atoms with Crippen molar-refractivity contribution >= 4 is 10.2 Å². The quantitative estimate of drug-likeness (QED) is 0.793. The molecule has 2 fully saturated rings. The van der Waals surface area contributed by atoms with E-state index in [0.717, 1.165) is 50.4 Å². The van der Waals surface area contributed by atoms with Gasteiger partial charge in [0, 0.05) is 45.2 Å². The van der Waals surface area contributed by atoms with Crippen LogP contribution in [0, 0.1) is 0 Å². The van der Waals surface area contributed by atoms with E-state index in [1.54, 1.807) is 14.9 Å². The first-order valence-corrected chi connectivity index (χ1v) is 10.8. The maximum atomic E-state index is 12.8. The van der Waals surface area contributed by atoms with Crippen molar-refractivity contribution in [3.63, 3.8) is 0 Å². The monoisotopic (exact) mass is 370 g/mol. The Morgan fingerprint density at radius 1 is 1.00 bits per heavy atom. The van der Waals surface area contributed by atoms with Gasteiger partial charge in [-0.3, -0.25) is 4.90 Å². The van der Waals surface area contributed by atoms with Gasteiger partial charge in [-0.25, -0.2) is 4.98 Å². The fraction of sp³-hybridized carbons (Fsp3) is 0.824. The van der Waals surface area contributed by atoms with Crippen LogP contribution >= 0.6 is 0 Å². The van der Waals surface area contributed by atoms with Crippen LogP contribution in [-0.2, 0) is 16.8 Å². The number of hydrogen-bond donors (Lipinski definition) is 0. The Morgan fingerprint density at radius 3 is 2.36 bits per heavy atom. The van der Waals surface area contributed by atoms with Crippen LogP contribution in [0.3, 0.4) is 0 Å². The highest BCUT2D eigenvalue weighted by molar-refractivity contribution is 7.86. The fourth-order valence-corrected chi connectivity index (χ4v) is 5.20. The lowest BCUT2D eigenvalue weighted by Gasteiger charge is -2.31. The molecule has 7 nitrogen and oxygen atoms in total. The molecule has 0 amide bonds. The first kappa shape index (κ1) is 18.8. The fourth-order valence-electron chi connectivity index (χ4n) is 3.48. The van der Waals surface area contributed by atoms with Gasteiger partial charge < -0.3 is 4.42 Å². The van der Waals surface area contributed by atoms with Crippen molar-refractivity contribution in [2.24, 2.45) is 0 Å². The van der Waals surface area contributed by atoms with Gasteiger partial charge in [0.2, 0.25) is 0 Å². The molecule has 8 heteroatoms. The van der Waals surface area contributed by atoms with Crippen molar-refractivity contribution in [3.05, 3.63) is 17.8 Å². The molecule has 142 valence electrons. The van der Waals surface area contributed by atoms with Crippen molar-refractivity contribution in [1.29, 1.82) is 0 Å². The molecule has 0 radical (unpaired) electrons. The van der Waals surface area contributed by atoms with Crippen molar-refractivity contribution in [2.45, 2.75) is 52.0 Å². The molecule has 3 heterocycles. The van der Waals surface area contributed by atoms with Gasteiger partial charge in [0.15, 0.2) is 5.89 Å². The first-order chi connectivity index (χ1) is 12.0. The normalized spacial score (nSPS) is 22.4. The average Bonchev–Trinajstić information content (AvgIpc) is 2.94. The van der Waals surface area contributed by atoms with Gasteiger partial charge in [-0.05, 0) is 25.8 Å². The predicted octanol–water partition coefficient (Wildman–Crippen LogP) is 2.04. The standard InChI is InChI=1S/C17H30N4O3S/c1-15(2)17-18-16(14-24-17)13-19-7-6-10-21(12-11-19)25(22,23)20-8-4-3-5-9-20/h14-15H,3-13H2,1-2H3. The van der Waals surface area contributed by atoms with E-state index in [4.69, 9.17) is 4.42 Å². The Bertz CT molecular complexity index is 653. The van der Waals surface area contributed by atoms with Crippen LogP contribution in [-0.4, -0.2) is 66.2 Å². The summed E-state index contributed by atoms with van der Waals surface area (Å²) in [6.45, 7) is 8.94. The van der Waals surface area contributed by atoms with E-state index >= 15 is 0 Å². The lowest BCUT2D eigenvalue weighted by atomic mass is 10.2. The van der Waals surface area contributed by atoms with E-state index in [2.05, 4.69) is 23.7 Å². The minimum Gasteiger partial charge on any atom is -0.448 e. The minimum absolute atomic E-state index is 0.281. The molecule has 2 aliphatic rings. The summed E-state index contributed by atoms with van der Waals surface area (Å²) < 4.78 is 34.5. The number of piperidine rings is 1. The molecule has 0 aromatic carbocycles. The van der Waals surface area contributed by atoms with Gasteiger partial charge >= 0.3 is 0 Å². The molecule has 2 saturated heterocycles. The van der Waals surface area contributed by atoms with Crippen molar-refractivity contribution in [2.75, 3.05) is 39.3 Å². The highest BCUT2D eigenvalue weighted by atomic mass is 32.2. The summed E-state index contributed by atoms with van der Waals surface area (Å²) in [6.07, 6.45) is 5.66. The molecule has 0 N–H and O–H groups in total. The van der Waals surface area contributed by atoms with Gasteiger partial charge in [-0.1, -0.05) is 20.3 Å². The van der Waals surface area contributed by atoms with E-state index in [1.807, 2.05) is 0 Å². The van der Waals surface area contributed by atoms with Crippen molar-refractivity contribution in [3.8, 4) is 0 Å². The number of oxazole rings is 1. The number of nitrogens with zero attached hydrogens (tertiary/aromatic N) is 4. The van der Waals surface area contributed by atoms with Gasteiger partial charge in [0.05, 0.1) is 5.69 Å². The summed E-state index contributed by atoms with van der Waals surface area (Å²) >= 11 is 0. The zero-order valence-electron chi connectivity index (χ0n) is 15.4. The summed E-state index contributed by atoms with van der Waals surface area (Å²) in [5.74, 6) is 1.04. The Morgan fingerprint density at radius 2 is 1.68 bits per heavy atom. The first-order valence-electron chi connectivity index (χ1n) is 9.38. The van der Waals surface area contributed by atoms with Crippen molar-refractivity contribution in [1.82, 2.24) is 18.5 Å². The van der Waals surface area contributed by atoms with Crippen LogP contribution < -0.4 is 0 Å². The second kappa shape index (κ2) is 8.16. The van der Waals surface area contributed by atoms with Crippen LogP contribution in [0.4, 0.5) is 0 Å². The SMILES string of the molecule is CC(C)c1nc(CN2CCCN(S(=O)(=O)N3CCCCC3)CC2)co1. The van der Waals surface area contributed by atoms with Crippen LogP contribution in [0.25, 0.3) is 0 Å². The molecule has 0 unspecified atom stereocenters. The molecule has 3 rings (SSSR count). The Kier molecular flexibility index (Phi) is 6.14. The van der Waals surface area contributed by atoms with Crippen LogP contribution in [0.15, 0.2) is 10.7 Å². The smallest absolute Gasteiger partial charge is 0.282 e. The molecule has 2 aliphatic heterocycles. The van der Waals surface area contributed by atoms with E-state index in [1.165, 1.54) is 0 Å². The third-order valence-corrected chi connectivity index (χ3v) is 7.00. The Labute approximate surface area is 151 Å². The molecule has 0 saturated carbocycles. The van der Waals surface area contributed by atoms with Gasteiger partial charge in [-0.15, -0.1) is 0 Å². The van der Waals surface area contributed by atoms with Crippen LogP contribution in [0.5, 0.6) is 0 Å². The third-order valence-electron chi connectivity index (χ3n) is 4.96. The second-order valence-corrected chi connectivity index (χ2v) is 9.26. The van der Waals surface area contributed by atoms with E-state index < -0.39 is 10.2 Å². The molecule has 0 spiro atoms. The largest absolute Gasteiger partial charge is 0.448 e. The van der Waals surface area contributed by atoms with E-state index in [9.17, 15) is 8.42 Å². The third kappa shape index (κ3) is 4.61. The number of rotatable bonds is 5. The van der Waals surface area contributed by atoms with Gasteiger partial charge in [-0.2, -0.15) is 17.0 Å². The molecular weight excluding hydrogens is 340 g/mol. The molecule has 0 bridgehead atoms. The van der Waals surface area contributed by atoms with Gasteiger partial charge in [0.25, 0.3) is 10.2 Å². The van der Waals surface area contributed by atoms with Crippen LogP contribution in [0.1, 0.15) is 57.0 Å². The molecule has 25 heavy (non-hydrogen) atoms. The lowest BCUT2D eigenvalue weighted by molar-refractivity contribution is 0.269. The number of aromatic nitrogens is 1. The maximum absolute atomic E-state index is 12.8. The topological polar surface area (TPSA) is 69.9 Å². The summed E-state index contributed by atoms with van der Waals surface area (Å²) in [4.78, 5) is 6.80. The number of hydrogen-bond acceptors (Lipinski definition) is 5.